The van der Waals surface area contributed by atoms with Gasteiger partial charge in [0.05, 0.1) is 6.26 Å². The van der Waals surface area contributed by atoms with Gasteiger partial charge in [0.15, 0.2) is 0 Å². The van der Waals surface area contributed by atoms with Gasteiger partial charge in [-0.25, -0.2) is 13.2 Å². The number of carbonyl (C=O) groups excluding carboxylic acids is 1. The van der Waals surface area contributed by atoms with E-state index < -0.39 is 21.5 Å². The third-order valence-corrected chi connectivity index (χ3v) is 6.09. The highest BCUT2D eigenvalue weighted by Gasteiger charge is 2.52. The van der Waals surface area contributed by atoms with Crippen molar-refractivity contribution < 1.29 is 17.9 Å². The van der Waals surface area contributed by atoms with Crippen LogP contribution in [0.25, 0.3) is 0 Å². The highest BCUT2D eigenvalue weighted by atomic mass is 32.2. The van der Waals surface area contributed by atoms with Crippen LogP contribution < -0.4 is 0 Å². The predicted molar refractivity (Wildman–Crippen MR) is 99.9 cm³/mol. The Hall–Kier alpha value is -2.18. The Morgan fingerprint density at radius 1 is 1.04 bits per heavy atom. The van der Waals surface area contributed by atoms with Crippen molar-refractivity contribution in [3.8, 4) is 0 Å². The van der Waals surface area contributed by atoms with Crippen molar-refractivity contribution in [1.82, 2.24) is 4.31 Å². The topological polar surface area (TPSA) is 63.7 Å². The van der Waals surface area contributed by atoms with Gasteiger partial charge in [-0.2, -0.15) is 4.31 Å². The summed E-state index contributed by atoms with van der Waals surface area (Å²) in [4.78, 5) is 13.1. The molecule has 26 heavy (non-hydrogen) atoms. The van der Waals surface area contributed by atoms with Crippen molar-refractivity contribution in [2.45, 2.75) is 31.4 Å². The summed E-state index contributed by atoms with van der Waals surface area (Å²) in [6.45, 7) is 0.472. The summed E-state index contributed by atoms with van der Waals surface area (Å²) in [6.07, 6.45) is 2.57. The monoisotopic (exact) mass is 373 g/mol. The second kappa shape index (κ2) is 7.60. The number of nitrogens with zero attached hydrogens (tertiary/aromatic N) is 1. The van der Waals surface area contributed by atoms with Gasteiger partial charge in [-0.15, -0.1) is 0 Å². The summed E-state index contributed by atoms with van der Waals surface area (Å²) >= 11 is 0. The Morgan fingerprint density at radius 3 is 2.19 bits per heavy atom. The maximum atomic E-state index is 13.1. The lowest BCUT2D eigenvalue weighted by Crippen LogP contribution is -2.55. The Kier molecular flexibility index (Phi) is 5.44. The van der Waals surface area contributed by atoms with E-state index in [0.717, 1.165) is 17.4 Å². The van der Waals surface area contributed by atoms with Crippen LogP contribution in [-0.2, 0) is 32.6 Å². The zero-order valence-electron chi connectivity index (χ0n) is 14.8. The Labute approximate surface area is 154 Å². The van der Waals surface area contributed by atoms with E-state index in [-0.39, 0.29) is 6.61 Å². The molecule has 1 aliphatic rings. The first-order chi connectivity index (χ1) is 12.4. The molecule has 138 valence electrons. The molecule has 0 radical (unpaired) electrons. The van der Waals surface area contributed by atoms with E-state index in [1.54, 1.807) is 0 Å². The van der Waals surface area contributed by atoms with E-state index in [1.165, 1.54) is 4.31 Å². The predicted octanol–water partition coefficient (Wildman–Crippen LogP) is 2.77. The van der Waals surface area contributed by atoms with Gasteiger partial charge in [-0.1, -0.05) is 60.7 Å². The Morgan fingerprint density at radius 2 is 1.62 bits per heavy atom. The molecular weight excluding hydrogens is 350 g/mol. The van der Waals surface area contributed by atoms with Gasteiger partial charge >= 0.3 is 5.97 Å². The number of rotatable bonds is 6. The summed E-state index contributed by atoms with van der Waals surface area (Å²) in [7, 11) is -3.53. The minimum absolute atomic E-state index is 0.133. The van der Waals surface area contributed by atoms with Crippen LogP contribution in [0.1, 0.15) is 24.0 Å². The molecule has 3 rings (SSSR count). The van der Waals surface area contributed by atoms with Gasteiger partial charge in [0.2, 0.25) is 10.0 Å². The lowest BCUT2D eigenvalue weighted by atomic mass is 9.89. The van der Waals surface area contributed by atoms with Crippen LogP contribution in [-0.4, -0.2) is 37.0 Å². The molecule has 0 saturated carbocycles. The fourth-order valence-corrected chi connectivity index (χ4v) is 4.91. The van der Waals surface area contributed by atoms with Crippen molar-refractivity contribution in [1.29, 1.82) is 0 Å². The van der Waals surface area contributed by atoms with Crippen LogP contribution in [0, 0.1) is 0 Å². The van der Waals surface area contributed by atoms with E-state index in [0.29, 0.717) is 25.8 Å². The quantitative estimate of drug-likeness (QED) is 0.731. The molecule has 2 aromatic carbocycles. The summed E-state index contributed by atoms with van der Waals surface area (Å²) in [5.74, 6) is -0.479. The second-order valence-corrected chi connectivity index (χ2v) is 8.60. The highest BCUT2D eigenvalue weighted by molar-refractivity contribution is 7.88. The van der Waals surface area contributed by atoms with Gasteiger partial charge in [-0.05, 0) is 24.0 Å². The first-order valence-electron chi connectivity index (χ1n) is 8.65. The smallest absolute Gasteiger partial charge is 0.328 e. The molecule has 0 bridgehead atoms. The van der Waals surface area contributed by atoms with E-state index in [1.807, 2.05) is 60.7 Å². The molecular formula is C20H23NO4S. The second-order valence-electron chi connectivity index (χ2n) is 6.69. The number of sulfonamides is 1. The molecule has 0 amide bonds. The van der Waals surface area contributed by atoms with Crippen LogP contribution in [0.3, 0.4) is 0 Å². The van der Waals surface area contributed by atoms with Gasteiger partial charge in [0.1, 0.15) is 12.1 Å². The molecule has 2 aromatic rings. The fraction of sp³-hybridized carbons (Fsp3) is 0.350. The van der Waals surface area contributed by atoms with Crippen LogP contribution >= 0.6 is 0 Å². The number of benzene rings is 2. The van der Waals surface area contributed by atoms with Crippen molar-refractivity contribution >= 4 is 16.0 Å². The summed E-state index contributed by atoms with van der Waals surface area (Å²) in [5, 5.41) is 0. The molecule has 1 fully saturated rings. The third kappa shape index (κ3) is 3.97. The van der Waals surface area contributed by atoms with Crippen LogP contribution in [0.2, 0.25) is 0 Å². The average Bonchev–Trinajstić information content (AvgIpc) is 3.07. The molecule has 1 saturated heterocycles. The zero-order valence-corrected chi connectivity index (χ0v) is 15.6. The van der Waals surface area contributed by atoms with E-state index in [2.05, 4.69) is 0 Å². The molecule has 0 aliphatic carbocycles. The molecule has 1 aliphatic heterocycles. The number of hydrogen-bond acceptors (Lipinski definition) is 4. The number of carbonyl (C=O) groups is 1. The number of esters is 1. The van der Waals surface area contributed by atoms with Crippen molar-refractivity contribution in [3.05, 3.63) is 71.8 Å². The molecule has 1 heterocycles. The molecule has 0 spiro atoms. The van der Waals surface area contributed by atoms with Crippen LogP contribution in [0.4, 0.5) is 0 Å². The van der Waals surface area contributed by atoms with Gasteiger partial charge in [0.25, 0.3) is 0 Å². The Balaban J connectivity index is 1.88. The fourth-order valence-electron chi connectivity index (χ4n) is 3.58. The largest absolute Gasteiger partial charge is 0.459 e. The van der Waals surface area contributed by atoms with Crippen molar-refractivity contribution in [3.63, 3.8) is 0 Å². The van der Waals surface area contributed by atoms with E-state index in [4.69, 9.17) is 4.74 Å². The maximum Gasteiger partial charge on any atom is 0.328 e. The van der Waals surface area contributed by atoms with Crippen LogP contribution in [0.15, 0.2) is 60.7 Å². The van der Waals surface area contributed by atoms with E-state index in [9.17, 15) is 13.2 Å². The summed E-state index contributed by atoms with van der Waals surface area (Å²) in [6, 6.07) is 18.9. The molecule has 1 unspecified atom stereocenters. The zero-order chi connectivity index (χ0) is 18.6. The number of ether oxygens (including phenoxy) is 1. The van der Waals surface area contributed by atoms with Crippen LogP contribution in [0.5, 0.6) is 0 Å². The minimum atomic E-state index is -3.53. The first-order valence-corrected chi connectivity index (χ1v) is 10.5. The molecule has 1 atom stereocenters. The van der Waals surface area contributed by atoms with E-state index >= 15 is 0 Å². The SMILES string of the molecule is CS(=O)(=O)N1CCCC1(Cc1ccccc1)C(=O)OCc1ccccc1. The summed E-state index contributed by atoms with van der Waals surface area (Å²) in [5.41, 5.74) is 0.614. The molecule has 0 N–H and O–H groups in total. The molecule has 5 nitrogen and oxygen atoms in total. The standard InChI is InChI=1S/C20H23NO4S/c1-26(23,24)21-14-8-13-20(21,15-17-9-4-2-5-10-17)19(22)25-16-18-11-6-3-7-12-18/h2-7,9-12H,8,13-16H2,1H3. The summed E-state index contributed by atoms with van der Waals surface area (Å²) < 4.78 is 31.6. The third-order valence-electron chi connectivity index (χ3n) is 4.76. The van der Waals surface area contributed by atoms with Crippen molar-refractivity contribution in [2.24, 2.45) is 0 Å². The minimum Gasteiger partial charge on any atom is -0.459 e. The lowest BCUT2D eigenvalue weighted by molar-refractivity contribution is -0.155. The van der Waals surface area contributed by atoms with Gasteiger partial charge in [-0.3, -0.25) is 0 Å². The van der Waals surface area contributed by atoms with Gasteiger partial charge < -0.3 is 4.74 Å². The highest BCUT2D eigenvalue weighted by Crippen LogP contribution is 2.36. The normalized spacial score (nSPS) is 20.8. The maximum absolute atomic E-state index is 13.1. The number of hydrogen-bond donors (Lipinski definition) is 0. The van der Waals surface area contributed by atoms with Gasteiger partial charge in [0, 0.05) is 13.0 Å². The average molecular weight is 373 g/mol. The first kappa shape index (κ1) is 18.6. The van der Waals surface area contributed by atoms with Crippen molar-refractivity contribution in [2.75, 3.05) is 12.8 Å². The lowest BCUT2D eigenvalue weighted by Gasteiger charge is -2.34. The molecule has 0 aromatic heterocycles. The Bertz CT molecular complexity index is 852. The molecule has 6 heteroatoms.